The average molecular weight is 317 g/mol. The lowest BCUT2D eigenvalue weighted by Crippen LogP contribution is -2.32. The van der Waals surface area contributed by atoms with Crippen LogP contribution < -0.4 is 5.32 Å². The second-order valence-corrected chi connectivity index (χ2v) is 6.58. The van der Waals surface area contributed by atoms with Crippen molar-refractivity contribution in [2.45, 2.75) is 27.2 Å². The number of likely N-dealkylation sites (tertiary alicyclic amines) is 1. The Morgan fingerprint density at radius 3 is 2.50 bits per heavy atom. The molecule has 0 spiro atoms. The van der Waals surface area contributed by atoms with Crippen molar-refractivity contribution in [3.63, 3.8) is 0 Å². The number of thiazole rings is 1. The van der Waals surface area contributed by atoms with Crippen LogP contribution in [0.5, 0.6) is 0 Å². The first kappa shape index (κ1) is 16.5. The predicted molar refractivity (Wildman–Crippen MR) is 92.4 cm³/mol. The largest absolute Gasteiger partial charge is 0.324 e. The van der Waals surface area contributed by atoms with Crippen molar-refractivity contribution in [3.05, 3.63) is 47.0 Å². The Bertz CT molecular complexity index is 597. The van der Waals surface area contributed by atoms with Crippen LogP contribution in [0.1, 0.15) is 24.6 Å². The van der Waals surface area contributed by atoms with Crippen LogP contribution in [0.3, 0.4) is 0 Å². The molecule has 0 radical (unpaired) electrons. The van der Waals surface area contributed by atoms with Crippen LogP contribution in [-0.2, 0) is 0 Å². The fourth-order valence-corrected chi connectivity index (χ4v) is 2.91. The number of aryl methyl sites for hydroxylation is 2. The molecule has 1 aromatic heterocycles. The molecule has 1 N–H and O–H groups in total. The molecule has 3 rings (SSSR count). The van der Waals surface area contributed by atoms with Crippen molar-refractivity contribution in [2.75, 3.05) is 18.4 Å². The molecule has 2 amide bonds. The number of carbonyl (C=O) groups excluding carboxylic acids is 1. The molecule has 0 saturated carbocycles. The Morgan fingerprint density at radius 2 is 2.05 bits per heavy atom. The third-order valence-electron chi connectivity index (χ3n) is 3.48. The molecule has 1 saturated heterocycles. The van der Waals surface area contributed by atoms with Crippen molar-refractivity contribution >= 4 is 22.5 Å². The first-order valence-electron chi connectivity index (χ1n) is 7.54. The summed E-state index contributed by atoms with van der Waals surface area (Å²) in [7, 11) is 0. The van der Waals surface area contributed by atoms with Gasteiger partial charge in [0.1, 0.15) is 0 Å². The third kappa shape index (κ3) is 5.15. The lowest BCUT2D eigenvalue weighted by atomic mass is 10.2. The number of nitrogens with zero attached hydrogens (tertiary/aromatic N) is 2. The van der Waals surface area contributed by atoms with E-state index in [1.807, 2.05) is 35.4 Å². The van der Waals surface area contributed by atoms with Crippen molar-refractivity contribution in [2.24, 2.45) is 5.92 Å². The molecule has 22 heavy (non-hydrogen) atoms. The van der Waals surface area contributed by atoms with Gasteiger partial charge in [0.15, 0.2) is 5.13 Å². The molecular weight excluding hydrogens is 294 g/mol. The molecule has 5 heteroatoms. The number of anilines is 1. The van der Waals surface area contributed by atoms with Crippen LogP contribution in [0.4, 0.5) is 9.93 Å². The molecule has 0 bridgehead atoms. The van der Waals surface area contributed by atoms with Gasteiger partial charge in [0.25, 0.3) is 0 Å². The Balaban J connectivity index is 0.000000211. The van der Waals surface area contributed by atoms with Crippen LogP contribution in [-0.4, -0.2) is 29.0 Å². The minimum atomic E-state index is -0.0197. The second kappa shape index (κ2) is 7.94. The van der Waals surface area contributed by atoms with Crippen molar-refractivity contribution in [3.8, 4) is 0 Å². The van der Waals surface area contributed by atoms with Gasteiger partial charge in [-0.15, -0.1) is 11.3 Å². The number of hydrogen-bond donors (Lipinski definition) is 1. The molecule has 118 valence electrons. The van der Waals surface area contributed by atoms with E-state index in [1.165, 1.54) is 16.9 Å². The van der Waals surface area contributed by atoms with Crippen molar-refractivity contribution in [1.29, 1.82) is 0 Å². The fourth-order valence-electron chi connectivity index (χ4n) is 2.24. The molecule has 1 unspecified atom stereocenters. The Kier molecular flexibility index (Phi) is 5.95. The Hall–Kier alpha value is -1.88. The molecule has 1 aromatic carbocycles. The maximum atomic E-state index is 11.8. The number of rotatable bonds is 1. The zero-order valence-electron chi connectivity index (χ0n) is 13.4. The summed E-state index contributed by atoms with van der Waals surface area (Å²) in [4.78, 5) is 17.8. The van der Waals surface area contributed by atoms with Crippen LogP contribution >= 0.6 is 11.3 Å². The molecule has 2 aromatic rings. The summed E-state index contributed by atoms with van der Waals surface area (Å²) in [6, 6.07) is 10.2. The molecule has 1 fully saturated rings. The molecule has 0 aliphatic carbocycles. The van der Waals surface area contributed by atoms with Gasteiger partial charge in [0.2, 0.25) is 0 Å². The SMILES string of the molecule is Cc1ccccc1.Cc1csc(NC(=O)N2CCC(C)C2)n1. The number of hydrogen-bond acceptors (Lipinski definition) is 3. The first-order valence-corrected chi connectivity index (χ1v) is 8.42. The van der Waals surface area contributed by atoms with Gasteiger partial charge in [-0.1, -0.05) is 42.8 Å². The van der Waals surface area contributed by atoms with E-state index in [4.69, 9.17) is 0 Å². The van der Waals surface area contributed by atoms with Gasteiger partial charge < -0.3 is 4.90 Å². The highest BCUT2D eigenvalue weighted by molar-refractivity contribution is 7.13. The summed E-state index contributed by atoms with van der Waals surface area (Å²) in [6.45, 7) is 7.89. The van der Waals surface area contributed by atoms with Gasteiger partial charge in [0, 0.05) is 18.5 Å². The minimum Gasteiger partial charge on any atom is -0.324 e. The summed E-state index contributed by atoms with van der Waals surface area (Å²) in [5, 5.41) is 5.44. The lowest BCUT2D eigenvalue weighted by molar-refractivity contribution is 0.221. The maximum absolute atomic E-state index is 11.8. The molecule has 1 atom stereocenters. The zero-order chi connectivity index (χ0) is 15.9. The van der Waals surface area contributed by atoms with Gasteiger partial charge in [0.05, 0.1) is 5.69 Å². The molecule has 2 heterocycles. The number of nitrogens with one attached hydrogen (secondary N) is 1. The number of urea groups is 1. The maximum Gasteiger partial charge on any atom is 0.323 e. The highest BCUT2D eigenvalue weighted by Crippen LogP contribution is 2.18. The second-order valence-electron chi connectivity index (χ2n) is 5.72. The van der Waals surface area contributed by atoms with E-state index in [2.05, 4.69) is 36.3 Å². The van der Waals surface area contributed by atoms with E-state index >= 15 is 0 Å². The topological polar surface area (TPSA) is 45.2 Å². The molecule has 1 aliphatic heterocycles. The van der Waals surface area contributed by atoms with Crippen LogP contribution in [0, 0.1) is 19.8 Å². The summed E-state index contributed by atoms with van der Waals surface area (Å²) in [5.74, 6) is 0.619. The Morgan fingerprint density at radius 1 is 1.32 bits per heavy atom. The van der Waals surface area contributed by atoms with Crippen molar-refractivity contribution < 1.29 is 4.79 Å². The third-order valence-corrected chi connectivity index (χ3v) is 4.36. The monoisotopic (exact) mass is 317 g/mol. The number of amides is 2. The highest BCUT2D eigenvalue weighted by atomic mass is 32.1. The van der Waals surface area contributed by atoms with E-state index in [-0.39, 0.29) is 6.03 Å². The predicted octanol–water partition coefficient (Wildman–Crippen LogP) is 4.32. The minimum absolute atomic E-state index is 0.0197. The summed E-state index contributed by atoms with van der Waals surface area (Å²) < 4.78 is 0. The smallest absolute Gasteiger partial charge is 0.323 e. The fraction of sp³-hybridized carbons (Fsp3) is 0.412. The quantitative estimate of drug-likeness (QED) is 0.851. The Labute approximate surface area is 136 Å². The number of benzene rings is 1. The van der Waals surface area contributed by atoms with E-state index in [0.717, 1.165) is 25.2 Å². The normalized spacial score (nSPS) is 16.9. The van der Waals surface area contributed by atoms with E-state index in [9.17, 15) is 4.79 Å². The highest BCUT2D eigenvalue weighted by Gasteiger charge is 2.23. The van der Waals surface area contributed by atoms with Crippen LogP contribution in [0.15, 0.2) is 35.7 Å². The average Bonchev–Trinajstić information content (AvgIpc) is 3.09. The van der Waals surface area contributed by atoms with Crippen molar-refractivity contribution in [1.82, 2.24) is 9.88 Å². The molecule has 4 nitrogen and oxygen atoms in total. The summed E-state index contributed by atoms with van der Waals surface area (Å²) in [5.41, 5.74) is 2.27. The number of aromatic nitrogens is 1. The van der Waals surface area contributed by atoms with E-state index in [1.54, 1.807) is 0 Å². The number of carbonyl (C=O) groups is 1. The van der Waals surface area contributed by atoms with E-state index < -0.39 is 0 Å². The zero-order valence-corrected chi connectivity index (χ0v) is 14.2. The van der Waals surface area contributed by atoms with Gasteiger partial charge in [-0.2, -0.15) is 0 Å². The standard InChI is InChI=1S/C10H15N3OS.C7H8/c1-7-3-4-13(5-7)10(14)12-9-11-8(2)6-15-9;1-7-5-3-2-4-6-7/h6-7H,3-5H2,1-2H3,(H,11,12,14);2-6H,1H3. The first-order chi connectivity index (χ1) is 10.5. The van der Waals surface area contributed by atoms with Gasteiger partial charge in [-0.3, -0.25) is 5.32 Å². The summed E-state index contributed by atoms with van der Waals surface area (Å²) in [6.07, 6.45) is 1.10. The van der Waals surface area contributed by atoms with E-state index in [0.29, 0.717) is 11.0 Å². The van der Waals surface area contributed by atoms with Crippen LogP contribution in [0.2, 0.25) is 0 Å². The molecular formula is C17H23N3OS. The van der Waals surface area contributed by atoms with Gasteiger partial charge in [-0.25, -0.2) is 9.78 Å². The van der Waals surface area contributed by atoms with Gasteiger partial charge >= 0.3 is 6.03 Å². The van der Waals surface area contributed by atoms with Crippen LogP contribution in [0.25, 0.3) is 0 Å². The molecule has 1 aliphatic rings. The lowest BCUT2D eigenvalue weighted by Gasteiger charge is -2.15. The van der Waals surface area contributed by atoms with Gasteiger partial charge in [-0.05, 0) is 26.2 Å². The summed E-state index contributed by atoms with van der Waals surface area (Å²) >= 11 is 1.47.